The monoisotopic (exact) mass is 310 g/mol. The van der Waals surface area contributed by atoms with Gasteiger partial charge in [0.05, 0.1) is 11.4 Å². The summed E-state index contributed by atoms with van der Waals surface area (Å²) in [6, 6.07) is 15.0. The number of carbonyl (C=O) groups excluding carboxylic acids is 1. The average molecular weight is 310 g/mol. The fraction of sp³-hybridized carbons (Fsp3) is 0.278. The molecule has 3 rings (SSSR count). The Bertz CT molecular complexity index is 679. The van der Waals surface area contributed by atoms with Crippen LogP contribution >= 0.6 is 0 Å². The van der Waals surface area contributed by atoms with E-state index in [4.69, 9.17) is 5.73 Å². The highest BCUT2D eigenvalue weighted by Gasteiger charge is 2.17. The van der Waals surface area contributed by atoms with Crippen LogP contribution in [0.5, 0.6) is 0 Å². The van der Waals surface area contributed by atoms with E-state index in [1.54, 1.807) is 6.07 Å². The van der Waals surface area contributed by atoms with Gasteiger partial charge >= 0.3 is 0 Å². The van der Waals surface area contributed by atoms with Gasteiger partial charge in [0.15, 0.2) is 0 Å². The van der Waals surface area contributed by atoms with Crippen molar-refractivity contribution in [1.82, 2.24) is 4.90 Å². The van der Waals surface area contributed by atoms with Gasteiger partial charge < -0.3 is 20.9 Å². The molecule has 0 spiro atoms. The van der Waals surface area contributed by atoms with E-state index in [1.807, 2.05) is 42.5 Å². The third-order valence-electron chi connectivity index (χ3n) is 4.17. The Balaban J connectivity index is 1.72. The molecule has 5 nitrogen and oxygen atoms in total. The zero-order valence-corrected chi connectivity index (χ0v) is 13.3. The summed E-state index contributed by atoms with van der Waals surface area (Å²) in [6.07, 6.45) is 0. The second kappa shape index (κ2) is 6.71. The number of hydrogen-bond donors (Lipinski definition) is 2. The first-order chi connectivity index (χ1) is 11.1. The number of para-hydroxylation sites is 1. The van der Waals surface area contributed by atoms with Crippen molar-refractivity contribution in [2.24, 2.45) is 0 Å². The summed E-state index contributed by atoms with van der Waals surface area (Å²) in [5.41, 5.74) is 9.19. The van der Waals surface area contributed by atoms with Crippen LogP contribution in [-0.4, -0.2) is 44.0 Å². The lowest BCUT2D eigenvalue weighted by Crippen LogP contribution is -2.44. The molecule has 1 heterocycles. The topological polar surface area (TPSA) is 61.6 Å². The molecule has 2 aromatic carbocycles. The van der Waals surface area contributed by atoms with Crippen LogP contribution in [0.1, 0.15) is 10.4 Å². The molecule has 0 unspecified atom stereocenters. The van der Waals surface area contributed by atoms with Crippen molar-refractivity contribution in [3.8, 4) is 0 Å². The molecule has 1 fully saturated rings. The Morgan fingerprint density at radius 3 is 2.39 bits per heavy atom. The van der Waals surface area contributed by atoms with Crippen LogP contribution in [0.25, 0.3) is 0 Å². The molecule has 1 saturated heterocycles. The van der Waals surface area contributed by atoms with Gasteiger partial charge in [-0.15, -0.1) is 0 Å². The van der Waals surface area contributed by atoms with E-state index in [2.05, 4.69) is 22.2 Å². The maximum atomic E-state index is 12.3. The second-order valence-electron chi connectivity index (χ2n) is 5.88. The van der Waals surface area contributed by atoms with Gasteiger partial charge in [0, 0.05) is 37.4 Å². The largest absolute Gasteiger partial charge is 0.397 e. The summed E-state index contributed by atoms with van der Waals surface area (Å²) in [4.78, 5) is 16.9. The van der Waals surface area contributed by atoms with Crippen LogP contribution in [0.15, 0.2) is 48.5 Å². The molecule has 0 radical (unpaired) electrons. The van der Waals surface area contributed by atoms with Crippen LogP contribution in [0, 0.1) is 0 Å². The fourth-order valence-electron chi connectivity index (χ4n) is 2.76. The minimum atomic E-state index is -0.146. The summed E-state index contributed by atoms with van der Waals surface area (Å²) < 4.78 is 0. The van der Waals surface area contributed by atoms with E-state index in [0.29, 0.717) is 11.3 Å². The summed E-state index contributed by atoms with van der Waals surface area (Å²) >= 11 is 0. The summed E-state index contributed by atoms with van der Waals surface area (Å²) in [5.74, 6) is -0.146. The number of likely N-dealkylation sites (N-methyl/N-ethyl adjacent to an activating group) is 1. The molecule has 0 aliphatic carbocycles. The van der Waals surface area contributed by atoms with Crippen LogP contribution in [0.4, 0.5) is 17.1 Å². The summed E-state index contributed by atoms with van der Waals surface area (Å²) in [5, 5.41) is 2.88. The van der Waals surface area contributed by atoms with Crippen molar-refractivity contribution in [3.63, 3.8) is 0 Å². The third-order valence-corrected chi connectivity index (χ3v) is 4.17. The van der Waals surface area contributed by atoms with E-state index in [-0.39, 0.29) is 5.91 Å². The summed E-state index contributed by atoms with van der Waals surface area (Å²) in [7, 11) is 2.12. The van der Waals surface area contributed by atoms with Gasteiger partial charge in [0.1, 0.15) is 0 Å². The maximum absolute atomic E-state index is 12.3. The van der Waals surface area contributed by atoms with Crippen LogP contribution < -0.4 is 16.0 Å². The Morgan fingerprint density at radius 1 is 1.04 bits per heavy atom. The third kappa shape index (κ3) is 3.63. The molecule has 120 valence electrons. The quantitative estimate of drug-likeness (QED) is 0.854. The van der Waals surface area contributed by atoms with E-state index < -0.39 is 0 Å². The smallest absolute Gasteiger partial charge is 0.255 e. The van der Waals surface area contributed by atoms with Crippen LogP contribution in [-0.2, 0) is 0 Å². The molecular formula is C18H22N4O. The standard InChI is InChI=1S/C18H22N4O/c1-21-9-11-22(12-10-21)17-8-7-14(13-16(17)19)18(23)20-15-5-3-2-4-6-15/h2-8,13H,9-12,19H2,1H3,(H,20,23). The lowest BCUT2D eigenvalue weighted by atomic mass is 10.1. The van der Waals surface area contributed by atoms with Gasteiger partial charge in [-0.3, -0.25) is 4.79 Å². The van der Waals surface area contributed by atoms with Gasteiger partial charge in [-0.25, -0.2) is 0 Å². The first-order valence-electron chi connectivity index (χ1n) is 7.83. The Labute approximate surface area is 136 Å². The molecular weight excluding hydrogens is 288 g/mol. The Kier molecular flexibility index (Phi) is 4.48. The normalized spacial score (nSPS) is 15.4. The number of amides is 1. The van der Waals surface area contributed by atoms with Crippen molar-refractivity contribution in [2.45, 2.75) is 0 Å². The van der Waals surface area contributed by atoms with Crippen molar-refractivity contribution in [2.75, 3.05) is 49.2 Å². The molecule has 1 amide bonds. The van der Waals surface area contributed by atoms with Gasteiger partial charge in [-0.2, -0.15) is 0 Å². The van der Waals surface area contributed by atoms with Crippen molar-refractivity contribution < 1.29 is 4.79 Å². The number of nitrogens with two attached hydrogens (primary N) is 1. The number of piperazine rings is 1. The molecule has 1 aliphatic heterocycles. The molecule has 0 aromatic heterocycles. The van der Waals surface area contributed by atoms with E-state index in [9.17, 15) is 4.79 Å². The second-order valence-corrected chi connectivity index (χ2v) is 5.88. The number of nitrogens with zero attached hydrogens (tertiary/aromatic N) is 2. The molecule has 5 heteroatoms. The Hall–Kier alpha value is -2.53. The highest BCUT2D eigenvalue weighted by Crippen LogP contribution is 2.25. The van der Waals surface area contributed by atoms with E-state index in [0.717, 1.165) is 37.6 Å². The highest BCUT2D eigenvalue weighted by atomic mass is 16.1. The number of nitrogens with one attached hydrogen (secondary N) is 1. The summed E-state index contributed by atoms with van der Waals surface area (Å²) in [6.45, 7) is 3.96. The number of hydrogen-bond acceptors (Lipinski definition) is 4. The predicted octanol–water partition coefficient (Wildman–Crippen LogP) is 2.27. The molecule has 0 atom stereocenters. The first-order valence-corrected chi connectivity index (χ1v) is 7.83. The molecule has 1 aliphatic rings. The first kappa shape index (κ1) is 15.4. The molecule has 0 bridgehead atoms. The number of rotatable bonds is 3. The minimum absolute atomic E-state index is 0.146. The molecule has 3 N–H and O–H groups in total. The van der Waals surface area contributed by atoms with Crippen molar-refractivity contribution in [3.05, 3.63) is 54.1 Å². The van der Waals surface area contributed by atoms with Crippen molar-refractivity contribution >= 4 is 23.0 Å². The van der Waals surface area contributed by atoms with Gasteiger partial charge in [-0.1, -0.05) is 18.2 Å². The van der Waals surface area contributed by atoms with Gasteiger partial charge in [0.2, 0.25) is 0 Å². The average Bonchev–Trinajstić information content (AvgIpc) is 2.57. The van der Waals surface area contributed by atoms with Crippen LogP contribution in [0.2, 0.25) is 0 Å². The zero-order valence-electron chi connectivity index (χ0n) is 13.3. The van der Waals surface area contributed by atoms with Crippen molar-refractivity contribution in [1.29, 1.82) is 0 Å². The maximum Gasteiger partial charge on any atom is 0.255 e. The fourth-order valence-corrected chi connectivity index (χ4v) is 2.76. The van der Waals surface area contributed by atoms with E-state index >= 15 is 0 Å². The molecule has 2 aromatic rings. The lowest BCUT2D eigenvalue weighted by Gasteiger charge is -2.34. The minimum Gasteiger partial charge on any atom is -0.397 e. The number of anilines is 3. The predicted molar refractivity (Wildman–Crippen MR) is 95.0 cm³/mol. The lowest BCUT2D eigenvalue weighted by molar-refractivity contribution is 0.102. The Morgan fingerprint density at radius 2 is 1.74 bits per heavy atom. The van der Waals surface area contributed by atoms with E-state index in [1.165, 1.54) is 0 Å². The molecule has 0 saturated carbocycles. The zero-order chi connectivity index (χ0) is 16.2. The highest BCUT2D eigenvalue weighted by molar-refractivity contribution is 6.05. The van der Waals surface area contributed by atoms with Gasteiger partial charge in [0.25, 0.3) is 5.91 Å². The number of nitrogen functional groups attached to an aromatic ring is 1. The SMILES string of the molecule is CN1CCN(c2ccc(C(=O)Nc3ccccc3)cc2N)CC1. The molecule has 23 heavy (non-hydrogen) atoms. The number of carbonyl (C=O) groups is 1. The number of benzene rings is 2. The van der Waals surface area contributed by atoms with Crippen LogP contribution in [0.3, 0.4) is 0 Å². The van der Waals surface area contributed by atoms with Gasteiger partial charge in [-0.05, 0) is 37.4 Å².